The Kier molecular flexibility index (Phi) is 5.06. The lowest BCUT2D eigenvalue weighted by Gasteiger charge is -2.10. The predicted molar refractivity (Wildman–Crippen MR) is 78.1 cm³/mol. The van der Waals surface area contributed by atoms with E-state index in [2.05, 4.69) is 0 Å². The average molecular weight is 288 g/mol. The highest BCUT2D eigenvalue weighted by molar-refractivity contribution is 5.96. The number of hydrogen-bond acceptors (Lipinski definition) is 3. The van der Waals surface area contributed by atoms with Crippen molar-refractivity contribution in [2.75, 3.05) is 7.11 Å². The molecule has 2 aromatic carbocycles. The second-order valence-electron chi connectivity index (χ2n) is 4.84. The molecule has 0 aliphatic rings. The van der Waals surface area contributed by atoms with Crippen molar-refractivity contribution in [2.45, 2.75) is 18.9 Å². The van der Waals surface area contributed by atoms with E-state index in [1.54, 1.807) is 43.5 Å². The Morgan fingerprint density at radius 1 is 1.14 bits per heavy atom. The SMILES string of the molecule is COc1ccc(C(=O)CC(O)Cc2ccc(F)cc2)cc1. The van der Waals surface area contributed by atoms with E-state index in [0.29, 0.717) is 17.7 Å². The summed E-state index contributed by atoms with van der Waals surface area (Å²) in [6.07, 6.45) is -0.434. The number of hydrogen-bond donors (Lipinski definition) is 1. The van der Waals surface area contributed by atoms with Crippen LogP contribution < -0.4 is 4.74 Å². The molecule has 0 fully saturated rings. The quantitative estimate of drug-likeness (QED) is 0.831. The van der Waals surface area contributed by atoms with Crippen LogP contribution in [0.2, 0.25) is 0 Å². The summed E-state index contributed by atoms with van der Waals surface area (Å²) in [7, 11) is 1.56. The zero-order chi connectivity index (χ0) is 15.2. The molecule has 0 saturated carbocycles. The van der Waals surface area contributed by atoms with Gasteiger partial charge in [-0.25, -0.2) is 4.39 Å². The second-order valence-corrected chi connectivity index (χ2v) is 4.84. The molecule has 0 aromatic heterocycles. The van der Waals surface area contributed by atoms with Gasteiger partial charge in [-0.1, -0.05) is 12.1 Å². The summed E-state index contributed by atoms with van der Waals surface area (Å²) in [4.78, 5) is 12.0. The molecule has 0 amide bonds. The van der Waals surface area contributed by atoms with Crippen LogP contribution in [0, 0.1) is 5.82 Å². The van der Waals surface area contributed by atoms with Gasteiger partial charge in [0.25, 0.3) is 0 Å². The van der Waals surface area contributed by atoms with Crippen LogP contribution in [0.4, 0.5) is 4.39 Å². The molecule has 21 heavy (non-hydrogen) atoms. The van der Waals surface area contributed by atoms with Gasteiger partial charge >= 0.3 is 0 Å². The van der Waals surface area contributed by atoms with Crippen LogP contribution >= 0.6 is 0 Å². The van der Waals surface area contributed by atoms with E-state index < -0.39 is 6.10 Å². The third-order valence-electron chi connectivity index (χ3n) is 3.22. The molecule has 4 heteroatoms. The first kappa shape index (κ1) is 15.2. The number of Topliss-reactive ketones (excluding diaryl/α,β-unsaturated/α-hetero) is 1. The molecule has 2 rings (SSSR count). The maximum absolute atomic E-state index is 12.8. The standard InChI is InChI=1S/C17H17FO3/c1-21-16-8-4-13(5-9-16)17(20)11-15(19)10-12-2-6-14(18)7-3-12/h2-9,15,19H,10-11H2,1H3. The lowest BCUT2D eigenvalue weighted by molar-refractivity contribution is 0.0881. The van der Waals surface area contributed by atoms with E-state index in [4.69, 9.17) is 4.74 Å². The Bertz CT molecular complexity index is 590. The summed E-state index contributed by atoms with van der Waals surface area (Å²) in [6, 6.07) is 12.7. The van der Waals surface area contributed by atoms with Gasteiger partial charge in [0.15, 0.2) is 5.78 Å². The van der Waals surface area contributed by atoms with Gasteiger partial charge in [0.2, 0.25) is 0 Å². The van der Waals surface area contributed by atoms with Crippen LogP contribution in [0.25, 0.3) is 0 Å². The van der Waals surface area contributed by atoms with Gasteiger partial charge < -0.3 is 9.84 Å². The van der Waals surface area contributed by atoms with Crippen molar-refractivity contribution in [3.8, 4) is 5.75 Å². The highest BCUT2D eigenvalue weighted by Gasteiger charge is 2.13. The molecule has 1 atom stereocenters. The van der Waals surface area contributed by atoms with E-state index in [-0.39, 0.29) is 18.0 Å². The molecule has 3 nitrogen and oxygen atoms in total. The number of ether oxygens (including phenoxy) is 1. The fraction of sp³-hybridized carbons (Fsp3) is 0.235. The van der Waals surface area contributed by atoms with Crippen molar-refractivity contribution in [1.29, 1.82) is 0 Å². The fourth-order valence-corrected chi connectivity index (χ4v) is 2.07. The van der Waals surface area contributed by atoms with Crippen LogP contribution in [-0.4, -0.2) is 24.1 Å². The maximum Gasteiger partial charge on any atom is 0.165 e. The monoisotopic (exact) mass is 288 g/mol. The molecular formula is C17H17FO3. The predicted octanol–water partition coefficient (Wildman–Crippen LogP) is 3.01. The third kappa shape index (κ3) is 4.39. The highest BCUT2D eigenvalue weighted by Crippen LogP contribution is 2.15. The minimum atomic E-state index is -0.787. The van der Waals surface area contributed by atoms with Gasteiger partial charge in [-0.05, 0) is 48.4 Å². The number of ketones is 1. The maximum atomic E-state index is 12.8. The van der Waals surface area contributed by atoms with E-state index in [1.165, 1.54) is 12.1 Å². The summed E-state index contributed by atoms with van der Waals surface area (Å²) in [5, 5.41) is 9.97. The number of carbonyl (C=O) groups excluding carboxylic acids is 1. The number of methoxy groups -OCH3 is 1. The molecular weight excluding hydrogens is 271 g/mol. The van der Waals surface area contributed by atoms with Gasteiger partial charge in [-0.2, -0.15) is 0 Å². The average Bonchev–Trinajstić information content (AvgIpc) is 2.49. The van der Waals surface area contributed by atoms with Crippen LogP contribution in [-0.2, 0) is 6.42 Å². The molecule has 0 spiro atoms. The van der Waals surface area contributed by atoms with Crippen molar-refractivity contribution < 1.29 is 19.0 Å². The fourth-order valence-electron chi connectivity index (χ4n) is 2.07. The first-order chi connectivity index (χ1) is 10.1. The zero-order valence-corrected chi connectivity index (χ0v) is 11.8. The van der Waals surface area contributed by atoms with Crippen molar-refractivity contribution in [1.82, 2.24) is 0 Å². The molecule has 0 aliphatic heterocycles. The summed E-state index contributed by atoms with van der Waals surface area (Å²) in [5.74, 6) is 0.230. The lowest BCUT2D eigenvalue weighted by Crippen LogP contribution is -2.16. The Morgan fingerprint density at radius 2 is 1.76 bits per heavy atom. The van der Waals surface area contributed by atoms with Gasteiger partial charge in [-0.3, -0.25) is 4.79 Å². The van der Waals surface area contributed by atoms with Crippen molar-refractivity contribution in [3.05, 3.63) is 65.5 Å². The number of aliphatic hydroxyl groups is 1. The summed E-state index contributed by atoms with van der Waals surface area (Å²) >= 11 is 0. The number of halogens is 1. The van der Waals surface area contributed by atoms with Crippen molar-refractivity contribution >= 4 is 5.78 Å². The molecule has 0 heterocycles. The molecule has 0 aliphatic carbocycles. The van der Waals surface area contributed by atoms with E-state index >= 15 is 0 Å². The van der Waals surface area contributed by atoms with E-state index in [9.17, 15) is 14.3 Å². The van der Waals surface area contributed by atoms with Crippen molar-refractivity contribution in [3.63, 3.8) is 0 Å². The molecule has 2 aromatic rings. The highest BCUT2D eigenvalue weighted by atomic mass is 19.1. The number of benzene rings is 2. The molecule has 0 radical (unpaired) electrons. The zero-order valence-electron chi connectivity index (χ0n) is 11.8. The largest absolute Gasteiger partial charge is 0.497 e. The Morgan fingerprint density at radius 3 is 2.33 bits per heavy atom. The third-order valence-corrected chi connectivity index (χ3v) is 3.22. The molecule has 0 saturated heterocycles. The van der Waals surface area contributed by atoms with E-state index in [0.717, 1.165) is 5.56 Å². The van der Waals surface area contributed by atoms with Crippen LogP contribution in [0.15, 0.2) is 48.5 Å². The molecule has 1 N–H and O–H groups in total. The normalized spacial score (nSPS) is 12.0. The van der Waals surface area contributed by atoms with Gasteiger partial charge in [-0.15, -0.1) is 0 Å². The van der Waals surface area contributed by atoms with Crippen LogP contribution in [0.1, 0.15) is 22.3 Å². The summed E-state index contributed by atoms with van der Waals surface area (Å²) in [5.41, 5.74) is 1.33. The summed E-state index contributed by atoms with van der Waals surface area (Å²) in [6.45, 7) is 0. The number of rotatable bonds is 6. The summed E-state index contributed by atoms with van der Waals surface area (Å²) < 4.78 is 17.8. The molecule has 1 unspecified atom stereocenters. The minimum Gasteiger partial charge on any atom is -0.497 e. The first-order valence-electron chi connectivity index (χ1n) is 6.68. The van der Waals surface area contributed by atoms with Crippen LogP contribution in [0.3, 0.4) is 0 Å². The van der Waals surface area contributed by atoms with E-state index in [1.807, 2.05) is 0 Å². The van der Waals surface area contributed by atoms with Crippen molar-refractivity contribution in [2.24, 2.45) is 0 Å². The minimum absolute atomic E-state index is 0.0315. The second kappa shape index (κ2) is 6.99. The van der Waals surface area contributed by atoms with Crippen LogP contribution in [0.5, 0.6) is 5.75 Å². The van der Waals surface area contributed by atoms with Gasteiger partial charge in [0.1, 0.15) is 11.6 Å². The Hall–Kier alpha value is -2.20. The molecule has 0 bridgehead atoms. The number of aliphatic hydroxyl groups excluding tert-OH is 1. The smallest absolute Gasteiger partial charge is 0.165 e. The van der Waals surface area contributed by atoms with Gasteiger partial charge in [0.05, 0.1) is 13.2 Å². The van der Waals surface area contributed by atoms with Gasteiger partial charge in [0, 0.05) is 12.0 Å². The number of carbonyl (C=O) groups is 1. The topological polar surface area (TPSA) is 46.5 Å². The lowest BCUT2D eigenvalue weighted by atomic mass is 10.00. The Labute approximate surface area is 123 Å². The Balaban J connectivity index is 1.93. The molecule has 110 valence electrons. The first-order valence-corrected chi connectivity index (χ1v) is 6.68.